The van der Waals surface area contributed by atoms with E-state index in [1.54, 1.807) is 42.1 Å². The van der Waals surface area contributed by atoms with Crippen molar-refractivity contribution in [2.75, 3.05) is 18.6 Å². The molecule has 1 unspecified atom stereocenters. The topological polar surface area (TPSA) is 110 Å². The molecular formula is C19H23N3O5S. The molecule has 0 saturated carbocycles. The molecule has 0 aliphatic carbocycles. The van der Waals surface area contributed by atoms with Gasteiger partial charge in [-0.3, -0.25) is 25.2 Å². The van der Waals surface area contributed by atoms with E-state index in [1.807, 2.05) is 13.2 Å². The van der Waals surface area contributed by atoms with E-state index >= 15 is 0 Å². The van der Waals surface area contributed by atoms with E-state index in [-0.39, 0.29) is 5.76 Å². The summed E-state index contributed by atoms with van der Waals surface area (Å²) in [5.74, 6) is -0.0699. The Morgan fingerprint density at radius 2 is 1.86 bits per heavy atom. The van der Waals surface area contributed by atoms with Gasteiger partial charge in [0.25, 0.3) is 17.7 Å². The molecule has 1 aromatic carbocycles. The van der Waals surface area contributed by atoms with Crippen LogP contribution in [0, 0.1) is 0 Å². The molecule has 0 fully saturated rings. The van der Waals surface area contributed by atoms with Crippen molar-refractivity contribution in [2.24, 2.45) is 0 Å². The highest BCUT2D eigenvalue weighted by Gasteiger charge is 2.22. The van der Waals surface area contributed by atoms with Gasteiger partial charge in [0, 0.05) is 5.56 Å². The summed E-state index contributed by atoms with van der Waals surface area (Å²) in [6, 6.07) is 8.81. The minimum Gasteiger partial charge on any atom is -0.494 e. The van der Waals surface area contributed by atoms with Crippen molar-refractivity contribution in [3.05, 3.63) is 54.0 Å². The van der Waals surface area contributed by atoms with Crippen LogP contribution in [0.3, 0.4) is 0 Å². The first-order valence-electron chi connectivity index (χ1n) is 8.71. The second kappa shape index (κ2) is 11.0. The standard InChI is InChI=1S/C19H23N3O5S/c1-3-26-14-8-6-13(7-9-14)17(23)21-22-18(24)15(10-12-28-2)20-19(25)16-5-4-11-27-16/h4-9,11,15H,3,10,12H2,1-2H3,(H,20,25)(H,21,23)(H,22,24). The van der Waals surface area contributed by atoms with Gasteiger partial charge in [0.05, 0.1) is 12.9 Å². The lowest BCUT2D eigenvalue weighted by atomic mass is 10.2. The largest absolute Gasteiger partial charge is 0.494 e. The molecule has 0 spiro atoms. The number of hydrogen-bond donors (Lipinski definition) is 3. The predicted molar refractivity (Wildman–Crippen MR) is 106 cm³/mol. The van der Waals surface area contributed by atoms with E-state index in [1.165, 1.54) is 12.3 Å². The molecule has 0 bridgehead atoms. The molecule has 0 saturated heterocycles. The maximum absolute atomic E-state index is 12.4. The average molecular weight is 405 g/mol. The summed E-state index contributed by atoms with van der Waals surface area (Å²) in [6.07, 6.45) is 3.68. The Bertz CT molecular complexity index is 777. The zero-order valence-corrected chi connectivity index (χ0v) is 16.5. The quantitative estimate of drug-likeness (QED) is 0.551. The Morgan fingerprint density at radius 3 is 2.46 bits per heavy atom. The van der Waals surface area contributed by atoms with Gasteiger partial charge in [0.1, 0.15) is 11.8 Å². The van der Waals surface area contributed by atoms with Crippen LogP contribution in [0.4, 0.5) is 0 Å². The van der Waals surface area contributed by atoms with E-state index in [0.29, 0.717) is 30.1 Å². The fraction of sp³-hybridized carbons (Fsp3) is 0.316. The van der Waals surface area contributed by atoms with Crippen LogP contribution in [0.2, 0.25) is 0 Å². The van der Waals surface area contributed by atoms with Crippen molar-refractivity contribution >= 4 is 29.5 Å². The van der Waals surface area contributed by atoms with E-state index in [4.69, 9.17) is 9.15 Å². The maximum Gasteiger partial charge on any atom is 0.287 e. The van der Waals surface area contributed by atoms with Crippen LogP contribution in [-0.2, 0) is 4.79 Å². The third-order valence-electron chi connectivity index (χ3n) is 3.70. The SMILES string of the molecule is CCOc1ccc(C(=O)NNC(=O)C(CCSC)NC(=O)c2ccco2)cc1. The second-order valence-electron chi connectivity index (χ2n) is 5.69. The number of ether oxygens (including phenoxy) is 1. The smallest absolute Gasteiger partial charge is 0.287 e. The minimum atomic E-state index is -0.814. The van der Waals surface area contributed by atoms with E-state index < -0.39 is 23.8 Å². The Labute approximate surface area is 167 Å². The number of carbonyl (C=O) groups excluding carboxylic acids is 3. The van der Waals surface area contributed by atoms with Crippen LogP contribution in [0.5, 0.6) is 5.75 Å². The van der Waals surface area contributed by atoms with E-state index in [9.17, 15) is 14.4 Å². The first-order valence-corrected chi connectivity index (χ1v) is 10.1. The van der Waals surface area contributed by atoms with Crippen molar-refractivity contribution < 1.29 is 23.5 Å². The summed E-state index contributed by atoms with van der Waals surface area (Å²) >= 11 is 1.54. The van der Waals surface area contributed by atoms with Crippen molar-refractivity contribution in [2.45, 2.75) is 19.4 Å². The lowest BCUT2D eigenvalue weighted by molar-refractivity contribution is -0.123. The number of carbonyl (C=O) groups is 3. The number of benzene rings is 1. The average Bonchev–Trinajstić information content (AvgIpc) is 3.24. The molecule has 2 aromatic rings. The summed E-state index contributed by atoms with van der Waals surface area (Å²) in [7, 11) is 0. The molecule has 1 heterocycles. The van der Waals surface area contributed by atoms with Crippen LogP contribution in [0.25, 0.3) is 0 Å². The molecule has 2 rings (SSSR count). The number of nitrogens with one attached hydrogen (secondary N) is 3. The molecule has 0 aliphatic heterocycles. The number of hydrazine groups is 1. The fourth-order valence-electron chi connectivity index (χ4n) is 2.29. The second-order valence-corrected chi connectivity index (χ2v) is 6.67. The highest BCUT2D eigenvalue weighted by molar-refractivity contribution is 7.98. The summed E-state index contributed by atoms with van der Waals surface area (Å²) < 4.78 is 10.4. The van der Waals surface area contributed by atoms with Gasteiger partial charge in [-0.1, -0.05) is 0 Å². The van der Waals surface area contributed by atoms with Crippen molar-refractivity contribution in [3.63, 3.8) is 0 Å². The molecular weight excluding hydrogens is 382 g/mol. The maximum atomic E-state index is 12.4. The van der Waals surface area contributed by atoms with Gasteiger partial charge in [-0.15, -0.1) is 0 Å². The first kappa shape index (κ1) is 21.4. The van der Waals surface area contributed by atoms with Gasteiger partial charge in [0.15, 0.2) is 5.76 Å². The Balaban J connectivity index is 1.92. The van der Waals surface area contributed by atoms with E-state index in [0.717, 1.165) is 0 Å². The number of amides is 3. The van der Waals surface area contributed by atoms with Gasteiger partial charge in [-0.25, -0.2) is 0 Å². The van der Waals surface area contributed by atoms with Crippen LogP contribution >= 0.6 is 11.8 Å². The molecule has 3 N–H and O–H groups in total. The molecule has 0 radical (unpaired) electrons. The summed E-state index contributed by atoms with van der Waals surface area (Å²) in [5.41, 5.74) is 5.08. The number of thioether (sulfide) groups is 1. The van der Waals surface area contributed by atoms with Gasteiger partial charge in [0.2, 0.25) is 0 Å². The molecule has 8 nitrogen and oxygen atoms in total. The molecule has 0 aliphatic rings. The summed E-state index contributed by atoms with van der Waals surface area (Å²) in [4.78, 5) is 36.8. The number of furan rings is 1. The predicted octanol–water partition coefficient (Wildman–Crippen LogP) is 1.99. The van der Waals surface area contributed by atoms with Gasteiger partial charge in [-0.05, 0) is 61.8 Å². The molecule has 28 heavy (non-hydrogen) atoms. The third-order valence-corrected chi connectivity index (χ3v) is 4.35. The Morgan fingerprint density at radius 1 is 1.11 bits per heavy atom. The molecule has 9 heteroatoms. The zero-order chi connectivity index (χ0) is 20.4. The fourth-order valence-corrected chi connectivity index (χ4v) is 2.76. The highest BCUT2D eigenvalue weighted by Crippen LogP contribution is 2.11. The van der Waals surface area contributed by atoms with Crippen LogP contribution in [0.15, 0.2) is 47.1 Å². The van der Waals surface area contributed by atoms with Gasteiger partial charge < -0.3 is 14.5 Å². The van der Waals surface area contributed by atoms with Crippen molar-refractivity contribution in [1.29, 1.82) is 0 Å². The lowest BCUT2D eigenvalue weighted by Crippen LogP contribution is -2.52. The Kier molecular flexibility index (Phi) is 8.41. The molecule has 1 atom stereocenters. The van der Waals surface area contributed by atoms with Crippen molar-refractivity contribution in [3.8, 4) is 5.75 Å². The normalized spacial score (nSPS) is 11.4. The molecule has 3 amide bonds. The van der Waals surface area contributed by atoms with Crippen LogP contribution in [-0.4, -0.2) is 42.4 Å². The number of hydrogen-bond acceptors (Lipinski definition) is 6. The highest BCUT2D eigenvalue weighted by atomic mass is 32.2. The third kappa shape index (κ3) is 6.34. The van der Waals surface area contributed by atoms with Gasteiger partial charge >= 0.3 is 0 Å². The minimum absolute atomic E-state index is 0.111. The van der Waals surface area contributed by atoms with E-state index in [2.05, 4.69) is 16.2 Å². The van der Waals surface area contributed by atoms with Crippen molar-refractivity contribution in [1.82, 2.24) is 16.2 Å². The van der Waals surface area contributed by atoms with Crippen LogP contribution < -0.4 is 20.9 Å². The molecule has 150 valence electrons. The first-order chi connectivity index (χ1) is 13.5. The summed E-state index contributed by atoms with van der Waals surface area (Å²) in [6.45, 7) is 2.40. The Hall–Kier alpha value is -2.94. The summed E-state index contributed by atoms with van der Waals surface area (Å²) in [5, 5.41) is 2.61. The monoisotopic (exact) mass is 405 g/mol. The van der Waals surface area contributed by atoms with Crippen LogP contribution in [0.1, 0.15) is 34.3 Å². The molecule has 1 aromatic heterocycles. The number of rotatable bonds is 9. The van der Waals surface area contributed by atoms with Gasteiger partial charge in [-0.2, -0.15) is 11.8 Å². The lowest BCUT2D eigenvalue weighted by Gasteiger charge is -2.18. The zero-order valence-electron chi connectivity index (χ0n) is 15.7.